The van der Waals surface area contributed by atoms with Crippen molar-refractivity contribution in [1.82, 2.24) is 52.7 Å². The number of carbonyl (C=O) groups excluding carboxylic acids is 4. The van der Waals surface area contributed by atoms with Crippen LogP contribution in [0.25, 0.3) is 33.7 Å². The number of Topliss-reactive ketones (excluding diaryl/α,β-unsaturated/α-hetero) is 1. The van der Waals surface area contributed by atoms with E-state index in [0.29, 0.717) is 78.3 Å². The molecule has 127 heavy (non-hydrogen) atoms. The highest BCUT2D eigenvalue weighted by molar-refractivity contribution is 7.91. The second kappa shape index (κ2) is 42.1. The molecule has 10 aromatic rings. The zero-order valence-electron chi connectivity index (χ0n) is 72.6. The van der Waals surface area contributed by atoms with E-state index in [1.165, 1.54) is 73.8 Å². The molecule has 0 saturated heterocycles. The Labute approximate surface area is 742 Å². The number of halogens is 2. The number of hydrogen-bond donors (Lipinski definition) is 6. The fraction of sp³-hybridized carbons (Fsp3) is 0.362. The quantitative estimate of drug-likeness (QED) is 0.0212. The van der Waals surface area contributed by atoms with Crippen molar-refractivity contribution in [2.24, 2.45) is 16.7 Å². The third-order valence-electron chi connectivity index (χ3n) is 22.5. The molecule has 0 unspecified atom stereocenters. The molecule has 3 amide bonds. The summed E-state index contributed by atoms with van der Waals surface area (Å²) in [7, 11) is -2.02. The Balaban J connectivity index is 0.000000154. The first-order valence-electron chi connectivity index (χ1n) is 42.3. The number of nitrogens with zero attached hydrogens (tertiary/aromatic N) is 5. The summed E-state index contributed by atoms with van der Waals surface area (Å²) in [6.07, 6.45) is 24.5. The molecule has 3 saturated carbocycles. The summed E-state index contributed by atoms with van der Waals surface area (Å²) in [5.74, 6) is 0.789. The van der Waals surface area contributed by atoms with Crippen molar-refractivity contribution in [2.75, 3.05) is 82.8 Å². The van der Waals surface area contributed by atoms with Gasteiger partial charge in [0.1, 0.15) is 54.5 Å². The summed E-state index contributed by atoms with van der Waals surface area (Å²) in [6, 6.07) is 44.3. The molecule has 5 aliphatic carbocycles. The molecule has 33 heteroatoms. The maximum Gasteiger partial charge on any atom is 0.268 e. The Kier molecular flexibility index (Phi) is 31.4. The largest absolute Gasteiger partial charge is 0.492 e. The lowest BCUT2D eigenvalue weighted by Crippen LogP contribution is -2.33. The van der Waals surface area contributed by atoms with Crippen LogP contribution in [0.3, 0.4) is 0 Å². The van der Waals surface area contributed by atoms with Crippen LogP contribution in [0.5, 0.6) is 23.0 Å². The Morgan fingerprint density at radius 2 is 0.764 bits per heavy atom. The molecule has 5 aliphatic rings. The van der Waals surface area contributed by atoms with Gasteiger partial charge in [0.15, 0.2) is 12.4 Å². The van der Waals surface area contributed by atoms with Crippen LogP contribution in [0.2, 0.25) is 0 Å². The normalized spacial score (nSPS) is 15.1. The SMILES string of the molecule is CNCc1cc(-c2ccccc2F)n(S(=O)(=O)c2ccc(OCC3(C(=O)NC)CC3)cc2)c1.CNCc1cc(-c2ccccc2F)n(S(=O)(=O)c2cccc(OCC3(C(=O)NC)CC3)c2)c1.CNCc1cc(C2=CCCCC2)n(S(=O)(=O)c2cccc(OCC(=O)CC3CC3)c2)c1.CNCc1cc(C2=CCCCC2)n(S(=O)(=O)c2cccc(OCC(=O)N(C)C)c2)c1. The van der Waals surface area contributed by atoms with Crippen molar-refractivity contribution in [1.29, 1.82) is 0 Å². The van der Waals surface area contributed by atoms with Crippen molar-refractivity contribution in [3.8, 4) is 45.5 Å². The predicted molar refractivity (Wildman–Crippen MR) is 483 cm³/mol. The number of hydrogen-bond acceptors (Lipinski definition) is 20. The van der Waals surface area contributed by atoms with E-state index in [4.69, 9.17) is 18.9 Å². The fourth-order valence-corrected chi connectivity index (χ4v) is 20.7. The molecule has 6 N–H and O–H groups in total. The van der Waals surface area contributed by atoms with E-state index in [2.05, 4.69) is 44.1 Å². The summed E-state index contributed by atoms with van der Waals surface area (Å²) >= 11 is 0. The first-order valence-corrected chi connectivity index (χ1v) is 48.1. The predicted octanol–water partition coefficient (Wildman–Crippen LogP) is 13.3. The summed E-state index contributed by atoms with van der Waals surface area (Å²) in [5, 5.41) is 17.4. The lowest BCUT2D eigenvalue weighted by atomic mass is 9.97. The third kappa shape index (κ3) is 23.4. The number of ketones is 1. The van der Waals surface area contributed by atoms with Crippen LogP contribution in [0.15, 0.2) is 226 Å². The van der Waals surface area contributed by atoms with Crippen LogP contribution in [0.4, 0.5) is 8.78 Å². The van der Waals surface area contributed by atoms with Gasteiger partial charge in [-0.2, -0.15) is 0 Å². The van der Waals surface area contributed by atoms with Crippen LogP contribution in [-0.4, -0.2) is 161 Å². The van der Waals surface area contributed by atoms with E-state index in [0.717, 1.165) is 126 Å². The lowest BCUT2D eigenvalue weighted by Gasteiger charge is -2.16. The second-order valence-electron chi connectivity index (χ2n) is 32.4. The van der Waals surface area contributed by atoms with Gasteiger partial charge in [-0.15, -0.1) is 0 Å². The molecule has 0 atom stereocenters. The number of rotatable bonds is 36. The van der Waals surface area contributed by atoms with Gasteiger partial charge in [0.2, 0.25) is 11.8 Å². The number of nitrogens with one attached hydrogen (secondary N) is 6. The Morgan fingerprint density at radius 1 is 0.409 bits per heavy atom. The summed E-state index contributed by atoms with van der Waals surface area (Å²) in [4.78, 5) is 49.6. The minimum atomic E-state index is -4.05. The highest BCUT2D eigenvalue weighted by Crippen LogP contribution is 2.48. The minimum Gasteiger partial charge on any atom is -0.492 e. The molecule has 0 bridgehead atoms. The molecule has 4 aromatic heterocycles. The maximum absolute atomic E-state index is 14.5. The maximum atomic E-state index is 14.5. The smallest absolute Gasteiger partial charge is 0.268 e. The van der Waals surface area contributed by atoms with Gasteiger partial charge in [-0.05, 0) is 267 Å². The van der Waals surface area contributed by atoms with E-state index in [1.807, 2.05) is 26.2 Å². The van der Waals surface area contributed by atoms with Crippen LogP contribution >= 0.6 is 0 Å². The average Bonchev–Trinajstić information content (AvgIpc) is 1.69. The number of benzene rings is 6. The van der Waals surface area contributed by atoms with Gasteiger partial charge < -0.3 is 55.7 Å². The molecular formula is C94H111F2N11O16S4. The van der Waals surface area contributed by atoms with Gasteiger partial charge in [0.05, 0.1) is 53.2 Å². The summed E-state index contributed by atoms with van der Waals surface area (Å²) < 4.78 is 165. The van der Waals surface area contributed by atoms with Crippen LogP contribution in [-0.2, 0) is 85.5 Å². The van der Waals surface area contributed by atoms with Crippen molar-refractivity contribution < 1.29 is 80.6 Å². The topological polar surface area (TPSA) is 337 Å². The van der Waals surface area contributed by atoms with E-state index in [1.54, 1.807) is 164 Å². The molecule has 0 aliphatic heterocycles. The Hall–Kier alpha value is -11.3. The molecule has 0 radical (unpaired) electrons. The van der Waals surface area contributed by atoms with Crippen molar-refractivity contribution in [3.05, 3.63) is 252 Å². The van der Waals surface area contributed by atoms with E-state index in [9.17, 15) is 61.6 Å². The highest BCUT2D eigenvalue weighted by atomic mass is 32.2. The van der Waals surface area contributed by atoms with Crippen LogP contribution < -0.4 is 50.8 Å². The van der Waals surface area contributed by atoms with Crippen molar-refractivity contribution in [3.63, 3.8) is 0 Å². The summed E-state index contributed by atoms with van der Waals surface area (Å²) in [6.45, 7) is 2.28. The molecule has 27 nitrogen and oxygen atoms in total. The van der Waals surface area contributed by atoms with Crippen LogP contribution in [0, 0.1) is 28.4 Å². The number of likely N-dealkylation sites (N-methyl/N-ethyl adjacent to an activating group) is 1. The van der Waals surface area contributed by atoms with Gasteiger partial charge in [0, 0.05) is 115 Å². The van der Waals surface area contributed by atoms with Gasteiger partial charge in [-0.1, -0.05) is 54.6 Å². The number of carbonyl (C=O) groups is 4. The first kappa shape index (κ1) is 94.8. The average molecular weight is 1820 g/mol. The molecule has 6 aromatic carbocycles. The van der Waals surface area contributed by atoms with Crippen molar-refractivity contribution >= 4 is 74.7 Å². The molecule has 3 fully saturated rings. The first-order chi connectivity index (χ1) is 60.9. The Morgan fingerprint density at radius 3 is 1.11 bits per heavy atom. The molecule has 4 heterocycles. The third-order valence-corrected chi connectivity index (χ3v) is 29.2. The highest BCUT2D eigenvalue weighted by Gasteiger charge is 2.51. The number of allylic oxidation sites excluding steroid dienone is 4. The fourth-order valence-electron chi connectivity index (χ4n) is 15.0. The zero-order chi connectivity index (χ0) is 90.9. The standard InChI is InChI=1S/2C24H26FN3O4S.C24H30N2O4S.C22H29N3O4S/c1-26-14-17-12-22(20-8-3-4-9-21(20)25)28(15-17)33(30,31)19-7-5-6-18(13-19)32-16-24(10-11-24)23(29)27-2;1-26-14-17-13-22(20-5-3-4-6-21(20)25)28(15-17)33(30,31)19-9-7-18(8-10-19)32-16-24(11-12-24)23(29)27-2;1-25-15-19-13-24(20-6-3-2-4-7-20)26(16-19)31(28,29)23-9-5-8-22(14-23)30-17-21(27)12-18-10-11-18;1-23-14-17-12-21(18-8-5-4-6-9-18)25(15-17)30(27,28)20-11-7-10-19(13-20)29-16-22(26)24(2)3/h3-9,12-13,15,26H,10-11,14,16H2,1-2H3,(H,27,29);3-10,13,15,26H,11-12,14,16H2,1-2H3,(H,27,29);5-6,8-9,13-14,16,18,25H,2-4,7,10-12,15,17H2,1H3;7-8,10-13,15,23H,4-6,9,14,16H2,1-3H3. The number of amides is 3. The molecule has 676 valence electrons. The Bertz CT molecular complexity index is 6150. The molecule has 15 rings (SSSR count). The van der Waals surface area contributed by atoms with Gasteiger partial charge in [0.25, 0.3) is 46.0 Å². The van der Waals surface area contributed by atoms with Crippen LogP contribution in [0.1, 0.15) is 130 Å². The van der Waals surface area contributed by atoms with E-state index in [-0.39, 0.29) is 92.0 Å². The van der Waals surface area contributed by atoms with Gasteiger partial charge in [-0.25, -0.2) is 58.3 Å². The van der Waals surface area contributed by atoms with Gasteiger partial charge in [-0.3, -0.25) is 19.2 Å². The second-order valence-corrected chi connectivity index (χ2v) is 39.7. The number of aromatic nitrogens is 4. The monoisotopic (exact) mass is 1820 g/mol. The molecule has 0 spiro atoms. The lowest BCUT2D eigenvalue weighted by molar-refractivity contribution is -0.131. The zero-order valence-corrected chi connectivity index (χ0v) is 75.9. The number of ether oxygens (including phenoxy) is 4. The molecular weight excluding hydrogens is 1710 g/mol. The summed E-state index contributed by atoms with van der Waals surface area (Å²) in [5.41, 5.74) is 6.67. The minimum absolute atomic E-state index is 0.00832. The van der Waals surface area contributed by atoms with Gasteiger partial charge >= 0.3 is 0 Å². The van der Waals surface area contributed by atoms with E-state index >= 15 is 0 Å². The van der Waals surface area contributed by atoms with Crippen molar-refractivity contribution in [2.45, 2.75) is 142 Å². The van der Waals surface area contributed by atoms with E-state index < -0.39 is 62.6 Å².